The molecule has 0 radical (unpaired) electrons. The fraction of sp³-hybridized carbons (Fsp3) is 0.650. The van der Waals surface area contributed by atoms with Crippen molar-refractivity contribution in [3.8, 4) is 0 Å². The molecule has 0 amide bonds. The minimum atomic E-state index is -3.88. The fourth-order valence-corrected chi connectivity index (χ4v) is 7.77. The Hall–Kier alpha value is -1.40. The standard InChI is InChI=1S/C20H24O5S/c1-11-3-6-14(7-4-11)26(22,23)25-20-12(2)5-8-16(20)18-15-9-13(10-17(15)20)24-19(18)21/h3-4,6-7,12-13,15-18H,5,8-10H2,1-2H3/t12-,13-,15+,16-,17-,18+,20+/m0/s1. The van der Waals surface area contributed by atoms with Crippen molar-refractivity contribution in [2.45, 2.75) is 56.1 Å². The molecule has 3 saturated carbocycles. The van der Waals surface area contributed by atoms with Crippen LogP contribution >= 0.6 is 0 Å². The lowest BCUT2D eigenvalue weighted by molar-refractivity contribution is -0.164. The van der Waals surface area contributed by atoms with Crippen LogP contribution in [0.3, 0.4) is 0 Å². The van der Waals surface area contributed by atoms with Gasteiger partial charge in [-0.05, 0) is 62.5 Å². The van der Waals surface area contributed by atoms with E-state index >= 15 is 0 Å². The summed E-state index contributed by atoms with van der Waals surface area (Å²) in [5, 5.41) is 0. The van der Waals surface area contributed by atoms with E-state index in [1.165, 1.54) is 0 Å². The van der Waals surface area contributed by atoms with E-state index in [0.29, 0.717) is 0 Å². The molecule has 7 atom stereocenters. The maximum Gasteiger partial charge on any atom is 0.309 e. The molecule has 1 aromatic carbocycles. The number of benzene rings is 1. The van der Waals surface area contributed by atoms with Gasteiger partial charge in [0.25, 0.3) is 10.1 Å². The summed E-state index contributed by atoms with van der Waals surface area (Å²) in [5.41, 5.74) is 0.249. The molecule has 2 bridgehead atoms. The average molecular weight is 376 g/mol. The van der Waals surface area contributed by atoms with Gasteiger partial charge in [0.1, 0.15) is 6.10 Å². The first-order valence-corrected chi connectivity index (χ1v) is 11.0. The second-order valence-corrected chi connectivity index (χ2v) is 10.2. The number of ether oxygens (including phenoxy) is 1. The van der Waals surface area contributed by atoms with Crippen molar-refractivity contribution < 1.29 is 22.1 Å². The van der Waals surface area contributed by atoms with Gasteiger partial charge in [-0.3, -0.25) is 8.98 Å². The molecule has 0 N–H and O–H groups in total. The summed E-state index contributed by atoms with van der Waals surface area (Å²) >= 11 is 0. The normalized spacial score (nSPS) is 43.4. The summed E-state index contributed by atoms with van der Waals surface area (Å²) in [6.07, 6.45) is 3.26. The first-order chi connectivity index (χ1) is 12.3. The summed E-state index contributed by atoms with van der Waals surface area (Å²) in [4.78, 5) is 12.7. The molecule has 1 aromatic rings. The molecular formula is C20H24O5S. The van der Waals surface area contributed by atoms with E-state index in [1.807, 2.05) is 6.92 Å². The van der Waals surface area contributed by atoms with E-state index in [2.05, 4.69) is 6.92 Å². The number of rotatable bonds is 3. The first-order valence-electron chi connectivity index (χ1n) is 9.56. The van der Waals surface area contributed by atoms with Crippen LogP contribution < -0.4 is 0 Å². The number of aryl methyl sites for hydroxylation is 1. The number of esters is 1. The highest BCUT2D eigenvalue weighted by molar-refractivity contribution is 7.86. The minimum Gasteiger partial charge on any atom is -0.462 e. The van der Waals surface area contributed by atoms with Crippen LogP contribution in [0.25, 0.3) is 0 Å². The molecule has 3 aliphatic carbocycles. The topological polar surface area (TPSA) is 69.7 Å². The predicted molar refractivity (Wildman–Crippen MR) is 93.7 cm³/mol. The molecule has 0 aromatic heterocycles. The van der Waals surface area contributed by atoms with Gasteiger partial charge in [-0.15, -0.1) is 0 Å². The number of hydrogen-bond donors (Lipinski definition) is 0. The van der Waals surface area contributed by atoms with Crippen LogP contribution in [0, 0.1) is 36.5 Å². The summed E-state index contributed by atoms with van der Waals surface area (Å²) in [6, 6.07) is 6.79. The molecular weight excluding hydrogens is 352 g/mol. The maximum atomic E-state index is 13.1. The van der Waals surface area contributed by atoms with E-state index < -0.39 is 15.7 Å². The molecule has 4 aliphatic rings. The second-order valence-electron chi connectivity index (χ2n) is 8.62. The third kappa shape index (κ3) is 2.06. The van der Waals surface area contributed by atoms with E-state index in [9.17, 15) is 13.2 Å². The molecule has 0 spiro atoms. The summed E-state index contributed by atoms with van der Waals surface area (Å²) in [6.45, 7) is 4.01. The zero-order valence-electron chi connectivity index (χ0n) is 15.1. The Labute approximate surface area is 154 Å². The predicted octanol–water partition coefficient (Wildman–Crippen LogP) is 3.07. The molecule has 1 aliphatic heterocycles. The van der Waals surface area contributed by atoms with Crippen LogP contribution in [0.2, 0.25) is 0 Å². The van der Waals surface area contributed by atoms with Crippen LogP contribution in [0.1, 0.15) is 38.2 Å². The highest BCUT2D eigenvalue weighted by Gasteiger charge is 2.73. The highest BCUT2D eigenvalue weighted by Crippen LogP contribution is 2.68. The van der Waals surface area contributed by atoms with Gasteiger partial charge in [-0.25, -0.2) is 0 Å². The van der Waals surface area contributed by atoms with Gasteiger partial charge in [-0.1, -0.05) is 24.6 Å². The molecule has 6 heteroatoms. The average Bonchev–Trinajstić information content (AvgIpc) is 3.15. The number of carbonyl (C=O) groups is 1. The summed E-state index contributed by atoms with van der Waals surface area (Å²) in [5.74, 6) is 0.0354. The third-order valence-electron chi connectivity index (χ3n) is 7.42. The van der Waals surface area contributed by atoms with Crippen molar-refractivity contribution in [3.63, 3.8) is 0 Å². The van der Waals surface area contributed by atoms with Crippen molar-refractivity contribution in [2.75, 3.05) is 0 Å². The highest BCUT2D eigenvalue weighted by atomic mass is 32.2. The SMILES string of the molecule is Cc1ccc(S(=O)(=O)O[C@]23[C@@H](C)CC[C@H]2[C@@H]2C(=O)O[C@H]4C[C@@H]2[C@@H]3C4)cc1. The van der Waals surface area contributed by atoms with Crippen LogP contribution in [0.15, 0.2) is 29.2 Å². The number of hydrogen-bond acceptors (Lipinski definition) is 5. The minimum absolute atomic E-state index is 0.0542. The first kappa shape index (κ1) is 16.8. The Morgan fingerprint density at radius 1 is 1.12 bits per heavy atom. The van der Waals surface area contributed by atoms with Gasteiger partial charge >= 0.3 is 5.97 Å². The molecule has 26 heavy (non-hydrogen) atoms. The second kappa shape index (κ2) is 5.32. The zero-order valence-corrected chi connectivity index (χ0v) is 15.9. The Morgan fingerprint density at radius 3 is 2.58 bits per heavy atom. The van der Waals surface area contributed by atoms with Gasteiger partial charge in [0.15, 0.2) is 0 Å². The number of carbonyl (C=O) groups excluding carboxylic acids is 1. The van der Waals surface area contributed by atoms with E-state index in [4.69, 9.17) is 8.92 Å². The molecule has 5 nitrogen and oxygen atoms in total. The van der Waals surface area contributed by atoms with Crippen molar-refractivity contribution >= 4 is 16.1 Å². The quantitative estimate of drug-likeness (QED) is 0.599. The Balaban J connectivity index is 1.58. The Morgan fingerprint density at radius 2 is 1.85 bits per heavy atom. The van der Waals surface area contributed by atoms with Gasteiger partial charge in [-0.2, -0.15) is 8.42 Å². The lowest BCUT2D eigenvalue weighted by Crippen LogP contribution is -2.48. The molecule has 140 valence electrons. The van der Waals surface area contributed by atoms with E-state index in [0.717, 1.165) is 31.2 Å². The Kier molecular flexibility index (Phi) is 3.43. The van der Waals surface area contributed by atoms with Gasteiger partial charge in [0, 0.05) is 5.92 Å². The van der Waals surface area contributed by atoms with Crippen LogP contribution in [-0.2, 0) is 23.8 Å². The van der Waals surface area contributed by atoms with Crippen molar-refractivity contribution in [3.05, 3.63) is 29.8 Å². The molecule has 1 heterocycles. The zero-order chi connectivity index (χ0) is 18.3. The van der Waals surface area contributed by atoms with Crippen molar-refractivity contribution in [1.29, 1.82) is 0 Å². The van der Waals surface area contributed by atoms with E-state index in [-0.39, 0.29) is 46.6 Å². The lowest BCUT2D eigenvalue weighted by atomic mass is 9.78. The third-order valence-corrected chi connectivity index (χ3v) is 8.78. The van der Waals surface area contributed by atoms with Crippen molar-refractivity contribution in [2.24, 2.45) is 29.6 Å². The maximum absolute atomic E-state index is 13.1. The molecule has 0 unspecified atom stereocenters. The van der Waals surface area contributed by atoms with Crippen molar-refractivity contribution in [1.82, 2.24) is 0 Å². The monoisotopic (exact) mass is 376 g/mol. The number of fused-ring (bicyclic) bond motifs is 4. The van der Waals surface area contributed by atoms with Crippen LogP contribution in [0.5, 0.6) is 0 Å². The van der Waals surface area contributed by atoms with Gasteiger partial charge in [0.05, 0.1) is 16.4 Å². The van der Waals surface area contributed by atoms with E-state index in [1.54, 1.807) is 24.3 Å². The van der Waals surface area contributed by atoms with Crippen LogP contribution in [0.4, 0.5) is 0 Å². The molecule has 1 saturated heterocycles. The lowest BCUT2D eigenvalue weighted by Gasteiger charge is -2.39. The molecule has 4 fully saturated rings. The Bertz CT molecular complexity index is 861. The largest absolute Gasteiger partial charge is 0.462 e. The summed E-state index contributed by atoms with van der Waals surface area (Å²) < 4.78 is 38.0. The molecule has 5 rings (SSSR count). The smallest absolute Gasteiger partial charge is 0.309 e. The van der Waals surface area contributed by atoms with Gasteiger partial charge < -0.3 is 4.74 Å². The van der Waals surface area contributed by atoms with Crippen LogP contribution in [-0.4, -0.2) is 26.1 Å². The fourth-order valence-electron chi connectivity index (χ4n) is 6.41. The van der Waals surface area contributed by atoms with Gasteiger partial charge in [0.2, 0.25) is 0 Å². The summed E-state index contributed by atoms with van der Waals surface area (Å²) in [7, 11) is -3.88.